The van der Waals surface area contributed by atoms with Gasteiger partial charge in [-0.2, -0.15) is 0 Å². The second-order valence-electron chi connectivity index (χ2n) is 6.22. The fourth-order valence-corrected chi connectivity index (χ4v) is 3.08. The van der Waals surface area contributed by atoms with Crippen LogP contribution in [-0.4, -0.2) is 19.1 Å². The zero-order valence-corrected chi connectivity index (χ0v) is 14.0. The summed E-state index contributed by atoms with van der Waals surface area (Å²) in [5.41, 5.74) is 4.86. The van der Waals surface area contributed by atoms with Gasteiger partial charge in [0.1, 0.15) is 5.75 Å². The van der Waals surface area contributed by atoms with Crippen molar-refractivity contribution in [1.29, 1.82) is 0 Å². The van der Waals surface area contributed by atoms with Crippen LogP contribution in [0.5, 0.6) is 5.75 Å². The van der Waals surface area contributed by atoms with E-state index in [0.717, 1.165) is 23.3 Å². The van der Waals surface area contributed by atoms with Crippen molar-refractivity contribution < 1.29 is 9.53 Å². The summed E-state index contributed by atoms with van der Waals surface area (Å²) in [6, 6.07) is 4.16. The van der Waals surface area contributed by atoms with Crippen LogP contribution in [0.4, 0.5) is 0 Å². The molecule has 0 saturated carbocycles. The first-order valence-corrected chi connectivity index (χ1v) is 8.21. The van der Waals surface area contributed by atoms with Crippen molar-refractivity contribution in [1.82, 2.24) is 5.32 Å². The quantitative estimate of drug-likeness (QED) is 0.807. The van der Waals surface area contributed by atoms with Gasteiger partial charge in [-0.05, 0) is 64.0 Å². The highest BCUT2D eigenvalue weighted by Gasteiger charge is 2.09. The largest absolute Gasteiger partial charge is 0.483 e. The molecular formula is C19H27NO2. The second-order valence-corrected chi connectivity index (χ2v) is 6.22. The Labute approximate surface area is 133 Å². The van der Waals surface area contributed by atoms with Crippen molar-refractivity contribution in [3.63, 3.8) is 0 Å². The summed E-state index contributed by atoms with van der Waals surface area (Å²) >= 11 is 0. The lowest BCUT2D eigenvalue weighted by atomic mass is 9.97. The summed E-state index contributed by atoms with van der Waals surface area (Å²) in [4.78, 5) is 11.9. The molecule has 3 heteroatoms. The van der Waals surface area contributed by atoms with E-state index in [4.69, 9.17) is 4.74 Å². The minimum absolute atomic E-state index is 0.0456. The van der Waals surface area contributed by atoms with Gasteiger partial charge in [-0.1, -0.05) is 29.3 Å². The average molecular weight is 301 g/mol. The average Bonchev–Trinajstić information content (AvgIpc) is 2.47. The zero-order chi connectivity index (χ0) is 15.9. The number of nitrogens with one attached hydrogen (secondary N) is 1. The lowest BCUT2D eigenvalue weighted by Gasteiger charge is -2.14. The SMILES string of the molecule is Cc1cc(C)c(OCC(=O)NCCC2=CCCCC2)c(C)c1. The number of allylic oxidation sites excluding steroid dienone is 1. The van der Waals surface area contributed by atoms with Gasteiger partial charge < -0.3 is 10.1 Å². The summed E-state index contributed by atoms with van der Waals surface area (Å²) in [7, 11) is 0. The molecular weight excluding hydrogens is 274 g/mol. The predicted octanol–water partition coefficient (Wildman–Crippen LogP) is 4.00. The minimum Gasteiger partial charge on any atom is -0.483 e. The van der Waals surface area contributed by atoms with Crippen molar-refractivity contribution in [2.75, 3.05) is 13.2 Å². The molecule has 1 aromatic rings. The van der Waals surface area contributed by atoms with Crippen molar-refractivity contribution in [2.45, 2.75) is 52.9 Å². The number of ether oxygens (including phenoxy) is 1. The third-order valence-corrected chi connectivity index (χ3v) is 4.11. The lowest BCUT2D eigenvalue weighted by molar-refractivity contribution is -0.123. The van der Waals surface area contributed by atoms with Gasteiger partial charge in [-0.25, -0.2) is 0 Å². The molecule has 1 amide bonds. The summed E-state index contributed by atoms with van der Waals surface area (Å²) in [6.07, 6.45) is 8.26. The summed E-state index contributed by atoms with van der Waals surface area (Å²) < 4.78 is 5.70. The summed E-state index contributed by atoms with van der Waals surface area (Å²) in [5.74, 6) is 0.784. The molecule has 0 bridgehead atoms. The van der Waals surface area contributed by atoms with Crippen LogP contribution in [0.15, 0.2) is 23.8 Å². The maximum atomic E-state index is 11.9. The van der Waals surface area contributed by atoms with E-state index in [-0.39, 0.29) is 12.5 Å². The van der Waals surface area contributed by atoms with Crippen molar-refractivity contribution in [3.05, 3.63) is 40.5 Å². The zero-order valence-electron chi connectivity index (χ0n) is 14.0. The van der Waals surface area contributed by atoms with Crippen LogP contribution in [0.3, 0.4) is 0 Å². The van der Waals surface area contributed by atoms with Gasteiger partial charge in [-0.3, -0.25) is 4.79 Å². The van der Waals surface area contributed by atoms with Gasteiger partial charge in [0, 0.05) is 6.54 Å². The smallest absolute Gasteiger partial charge is 0.257 e. The molecule has 1 aliphatic rings. The number of carbonyl (C=O) groups excluding carboxylic acids is 1. The van der Waals surface area contributed by atoms with Crippen molar-refractivity contribution in [3.8, 4) is 5.75 Å². The second kappa shape index (κ2) is 8.02. The maximum Gasteiger partial charge on any atom is 0.257 e. The lowest BCUT2D eigenvalue weighted by Crippen LogP contribution is -2.30. The molecule has 0 aromatic heterocycles. The number of hydrogen-bond donors (Lipinski definition) is 1. The van der Waals surface area contributed by atoms with E-state index in [0.29, 0.717) is 6.54 Å². The van der Waals surface area contributed by atoms with E-state index in [1.807, 2.05) is 13.8 Å². The van der Waals surface area contributed by atoms with Gasteiger partial charge in [0.2, 0.25) is 0 Å². The van der Waals surface area contributed by atoms with Gasteiger partial charge >= 0.3 is 0 Å². The van der Waals surface area contributed by atoms with Crippen LogP contribution < -0.4 is 10.1 Å². The molecule has 22 heavy (non-hydrogen) atoms. The Balaban J connectivity index is 1.75. The Hall–Kier alpha value is -1.77. The van der Waals surface area contributed by atoms with Crippen LogP contribution in [0.25, 0.3) is 0 Å². The highest BCUT2D eigenvalue weighted by molar-refractivity contribution is 5.77. The normalized spacial score (nSPS) is 14.4. The van der Waals surface area contributed by atoms with Crippen LogP contribution in [0.1, 0.15) is 48.8 Å². The molecule has 0 aliphatic heterocycles. The first-order chi connectivity index (χ1) is 10.6. The van der Waals surface area contributed by atoms with Crippen LogP contribution in [0, 0.1) is 20.8 Å². The monoisotopic (exact) mass is 301 g/mol. The third kappa shape index (κ3) is 4.90. The molecule has 2 rings (SSSR count). The first-order valence-electron chi connectivity index (χ1n) is 8.21. The predicted molar refractivity (Wildman–Crippen MR) is 90.3 cm³/mol. The van der Waals surface area contributed by atoms with Crippen LogP contribution in [0.2, 0.25) is 0 Å². The van der Waals surface area contributed by atoms with Crippen molar-refractivity contribution in [2.24, 2.45) is 0 Å². The number of rotatable bonds is 6. The molecule has 0 fully saturated rings. The molecule has 1 N–H and O–H groups in total. The molecule has 1 aromatic carbocycles. The Bertz CT molecular complexity index is 538. The van der Waals surface area contributed by atoms with Crippen LogP contribution in [-0.2, 0) is 4.79 Å². The molecule has 0 saturated heterocycles. The number of hydrogen-bond acceptors (Lipinski definition) is 2. The topological polar surface area (TPSA) is 38.3 Å². The van der Waals surface area contributed by atoms with Crippen molar-refractivity contribution >= 4 is 5.91 Å². The van der Waals surface area contributed by atoms with Gasteiger partial charge in [0.05, 0.1) is 0 Å². The summed E-state index contributed by atoms with van der Waals surface area (Å²) in [6.45, 7) is 6.89. The molecule has 0 spiro atoms. The number of carbonyl (C=O) groups is 1. The highest BCUT2D eigenvalue weighted by atomic mass is 16.5. The molecule has 3 nitrogen and oxygen atoms in total. The first kappa shape index (κ1) is 16.6. The fourth-order valence-electron chi connectivity index (χ4n) is 3.08. The standard InChI is InChI=1S/C19H27NO2/c1-14-11-15(2)19(16(3)12-14)22-13-18(21)20-10-9-17-7-5-4-6-8-17/h7,11-12H,4-6,8-10,13H2,1-3H3,(H,20,21). The molecule has 0 heterocycles. The molecule has 1 aliphatic carbocycles. The molecule has 0 radical (unpaired) electrons. The van der Waals surface area contributed by atoms with E-state index >= 15 is 0 Å². The Morgan fingerprint density at radius 1 is 1.18 bits per heavy atom. The fraction of sp³-hybridized carbons (Fsp3) is 0.526. The van der Waals surface area contributed by atoms with E-state index < -0.39 is 0 Å². The Morgan fingerprint density at radius 2 is 1.91 bits per heavy atom. The number of amides is 1. The van der Waals surface area contributed by atoms with E-state index in [1.165, 1.54) is 36.8 Å². The molecule has 120 valence electrons. The highest BCUT2D eigenvalue weighted by Crippen LogP contribution is 2.24. The summed E-state index contributed by atoms with van der Waals surface area (Å²) in [5, 5.41) is 2.95. The van der Waals surface area contributed by atoms with Crippen LogP contribution >= 0.6 is 0 Å². The van der Waals surface area contributed by atoms with Gasteiger partial charge in [-0.15, -0.1) is 0 Å². The van der Waals surface area contributed by atoms with E-state index in [9.17, 15) is 4.79 Å². The molecule has 0 unspecified atom stereocenters. The third-order valence-electron chi connectivity index (χ3n) is 4.11. The van der Waals surface area contributed by atoms with E-state index in [2.05, 4.69) is 30.4 Å². The maximum absolute atomic E-state index is 11.9. The van der Waals surface area contributed by atoms with Gasteiger partial charge in [0.25, 0.3) is 5.91 Å². The van der Waals surface area contributed by atoms with E-state index in [1.54, 1.807) is 0 Å². The minimum atomic E-state index is -0.0456. The number of benzene rings is 1. The Morgan fingerprint density at radius 3 is 2.55 bits per heavy atom. The van der Waals surface area contributed by atoms with Gasteiger partial charge in [0.15, 0.2) is 6.61 Å². The molecule has 0 atom stereocenters. The number of aryl methyl sites for hydroxylation is 3. The Kier molecular flexibility index (Phi) is 6.05.